The standard InChI is InChI=1S/C14H15N3O4/c1-7-15-12-8(3-2-4-10(12)18)14(21)17(7)9-5-6-11(19)16-13(9)20/h2-4,9,13,18,20H,5-6H2,1H3,(H,16,19). The van der Waals surface area contributed by atoms with Gasteiger partial charge in [0.2, 0.25) is 5.91 Å². The molecule has 1 amide bonds. The van der Waals surface area contributed by atoms with Crippen LogP contribution < -0.4 is 10.9 Å². The van der Waals surface area contributed by atoms with E-state index in [-0.39, 0.29) is 34.5 Å². The maximum absolute atomic E-state index is 12.6. The van der Waals surface area contributed by atoms with Gasteiger partial charge in [-0.25, -0.2) is 4.98 Å². The molecular formula is C14H15N3O4. The SMILES string of the molecule is Cc1nc2c(O)cccc2c(=O)n1C1CCC(=O)NC1O. The molecule has 1 saturated heterocycles. The molecule has 3 N–H and O–H groups in total. The summed E-state index contributed by atoms with van der Waals surface area (Å²) < 4.78 is 1.38. The molecule has 0 saturated carbocycles. The molecule has 21 heavy (non-hydrogen) atoms. The number of para-hydroxylation sites is 1. The molecule has 0 radical (unpaired) electrons. The van der Waals surface area contributed by atoms with E-state index in [9.17, 15) is 19.8 Å². The van der Waals surface area contributed by atoms with E-state index < -0.39 is 12.3 Å². The molecule has 1 aliphatic rings. The first kappa shape index (κ1) is 13.6. The molecule has 1 aromatic heterocycles. The molecule has 0 spiro atoms. The largest absolute Gasteiger partial charge is 0.506 e. The summed E-state index contributed by atoms with van der Waals surface area (Å²) in [6.07, 6.45) is -0.523. The number of phenols is 1. The van der Waals surface area contributed by atoms with Crippen LogP contribution in [0.4, 0.5) is 0 Å². The molecule has 0 aliphatic carbocycles. The van der Waals surface area contributed by atoms with Crippen LogP contribution in [0.15, 0.2) is 23.0 Å². The highest BCUT2D eigenvalue weighted by atomic mass is 16.3. The van der Waals surface area contributed by atoms with Gasteiger partial charge in [0.1, 0.15) is 23.3 Å². The van der Waals surface area contributed by atoms with Crippen molar-refractivity contribution < 1.29 is 15.0 Å². The van der Waals surface area contributed by atoms with Crippen molar-refractivity contribution >= 4 is 16.8 Å². The van der Waals surface area contributed by atoms with E-state index in [1.165, 1.54) is 10.6 Å². The zero-order valence-electron chi connectivity index (χ0n) is 11.4. The number of hydrogen-bond donors (Lipinski definition) is 3. The van der Waals surface area contributed by atoms with Gasteiger partial charge in [0, 0.05) is 6.42 Å². The highest BCUT2D eigenvalue weighted by Gasteiger charge is 2.30. The van der Waals surface area contributed by atoms with Crippen LogP contribution in [-0.4, -0.2) is 31.9 Å². The number of aromatic nitrogens is 2. The van der Waals surface area contributed by atoms with Gasteiger partial charge in [0.25, 0.3) is 5.56 Å². The number of nitrogens with one attached hydrogen (secondary N) is 1. The number of fused-ring (bicyclic) bond motifs is 1. The fraction of sp³-hybridized carbons (Fsp3) is 0.357. The van der Waals surface area contributed by atoms with Gasteiger partial charge in [-0.2, -0.15) is 0 Å². The Morgan fingerprint density at radius 2 is 2.14 bits per heavy atom. The Bertz CT molecular complexity index is 784. The summed E-state index contributed by atoms with van der Waals surface area (Å²) in [7, 11) is 0. The molecule has 1 fully saturated rings. The Labute approximate surface area is 119 Å². The predicted molar refractivity (Wildman–Crippen MR) is 74.8 cm³/mol. The van der Waals surface area contributed by atoms with Crippen molar-refractivity contribution in [2.24, 2.45) is 0 Å². The number of hydrogen-bond acceptors (Lipinski definition) is 5. The molecule has 110 valence electrons. The molecule has 2 aromatic rings. The summed E-state index contributed by atoms with van der Waals surface area (Å²) in [5.74, 6) is 0.0855. The summed E-state index contributed by atoms with van der Waals surface area (Å²) in [5, 5.41) is 22.5. The maximum Gasteiger partial charge on any atom is 0.261 e. The molecule has 7 heteroatoms. The summed E-state index contributed by atoms with van der Waals surface area (Å²) in [6, 6.07) is 4.05. The first-order valence-corrected chi connectivity index (χ1v) is 6.67. The molecule has 1 aromatic carbocycles. The molecule has 7 nitrogen and oxygen atoms in total. The molecule has 3 rings (SSSR count). The zero-order chi connectivity index (χ0) is 15.1. The van der Waals surface area contributed by atoms with Gasteiger partial charge >= 0.3 is 0 Å². The minimum absolute atomic E-state index is 0.0580. The predicted octanol–water partition coefficient (Wildman–Crippen LogP) is 0.180. The maximum atomic E-state index is 12.6. The third-order valence-corrected chi connectivity index (χ3v) is 3.76. The van der Waals surface area contributed by atoms with Crippen molar-refractivity contribution in [3.05, 3.63) is 34.4 Å². The minimum Gasteiger partial charge on any atom is -0.506 e. The van der Waals surface area contributed by atoms with Crippen LogP contribution in [0.5, 0.6) is 5.75 Å². The van der Waals surface area contributed by atoms with Crippen LogP contribution in [0.25, 0.3) is 10.9 Å². The summed E-state index contributed by atoms with van der Waals surface area (Å²) in [4.78, 5) is 28.1. The highest BCUT2D eigenvalue weighted by Crippen LogP contribution is 2.24. The second-order valence-corrected chi connectivity index (χ2v) is 5.13. The third-order valence-electron chi connectivity index (χ3n) is 3.76. The molecule has 2 heterocycles. The minimum atomic E-state index is -1.13. The van der Waals surface area contributed by atoms with Gasteiger partial charge in [0.15, 0.2) is 0 Å². The van der Waals surface area contributed by atoms with E-state index in [4.69, 9.17) is 0 Å². The fourth-order valence-electron chi connectivity index (χ4n) is 2.74. The van der Waals surface area contributed by atoms with E-state index in [1.807, 2.05) is 0 Å². The third kappa shape index (κ3) is 2.15. The first-order chi connectivity index (χ1) is 9.99. The Kier molecular flexibility index (Phi) is 3.13. The van der Waals surface area contributed by atoms with Crippen LogP contribution >= 0.6 is 0 Å². The van der Waals surface area contributed by atoms with E-state index in [2.05, 4.69) is 10.3 Å². The van der Waals surface area contributed by atoms with Crippen molar-refractivity contribution in [1.29, 1.82) is 0 Å². The number of nitrogens with zero attached hydrogens (tertiary/aromatic N) is 2. The Morgan fingerprint density at radius 3 is 2.86 bits per heavy atom. The van der Waals surface area contributed by atoms with Crippen LogP contribution in [0.1, 0.15) is 24.7 Å². The van der Waals surface area contributed by atoms with Gasteiger partial charge in [-0.15, -0.1) is 0 Å². The van der Waals surface area contributed by atoms with Crippen LogP contribution in [-0.2, 0) is 4.79 Å². The molecule has 1 aliphatic heterocycles. The summed E-state index contributed by atoms with van der Waals surface area (Å²) >= 11 is 0. The number of benzene rings is 1. The van der Waals surface area contributed by atoms with E-state index >= 15 is 0 Å². The lowest BCUT2D eigenvalue weighted by atomic mass is 10.0. The van der Waals surface area contributed by atoms with Gasteiger partial charge in [-0.05, 0) is 25.5 Å². The monoisotopic (exact) mass is 289 g/mol. The number of amides is 1. The Morgan fingerprint density at radius 1 is 1.38 bits per heavy atom. The summed E-state index contributed by atoms with van der Waals surface area (Å²) in [6.45, 7) is 1.64. The molecule has 0 bridgehead atoms. The second kappa shape index (κ2) is 4.85. The lowest BCUT2D eigenvalue weighted by molar-refractivity contribution is -0.128. The lowest BCUT2D eigenvalue weighted by Gasteiger charge is -2.30. The topological polar surface area (TPSA) is 104 Å². The molecular weight excluding hydrogens is 274 g/mol. The van der Waals surface area contributed by atoms with E-state index in [0.29, 0.717) is 12.2 Å². The number of phenolic OH excluding ortho intramolecular Hbond substituents is 1. The molecule has 2 atom stereocenters. The Hall–Kier alpha value is -2.41. The van der Waals surface area contributed by atoms with Crippen molar-refractivity contribution in [2.45, 2.75) is 32.0 Å². The number of aliphatic hydroxyl groups excluding tert-OH is 1. The number of piperidine rings is 1. The average molecular weight is 289 g/mol. The van der Waals surface area contributed by atoms with Crippen molar-refractivity contribution in [2.75, 3.05) is 0 Å². The average Bonchev–Trinajstić information content (AvgIpc) is 2.42. The van der Waals surface area contributed by atoms with E-state index in [1.54, 1.807) is 19.1 Å². The number of rotatable bonds is 1. The van der Waals surface area contributed by atoms with Crippen molar-refractivity contribution in [3.63, 3.8) is 0 Å². The van der Waals surface area contributed by atoms with Crippen LogP contribution in [0.3, 0.4) is 0 Å². The van der Waals surface area contributed by atoms with E-state index in [0.717, 1.165) is 0 Å². The van der Waals surface area contributed by atoms with Crippen LogP contribution in [0.2, 0.25) is 0 Å². The normalized spacial score (nSPS) is 22.3. The van der Waals surface area contributed by atoms with Gasteiger partial charge in [-0.3, -0.25) is 14.2 Å². The highest BCUT2D eigenvalue weighted by molar-refractivity contribution is 5.83. The fourth-order valence-corrected chi connectivity index (χ4v) is 2.74. The molecule has 2 unspecified atom stereocenters. The zero-order valence-corrected chi connectivity index (χ0v) is 11.4. The van der Waals surface area contributed by atoms with Crippen LogP contribution in [0, 0.1) is 6.92 Å². The number of aryl methyl sites for hydroxylation is 1. The summed E-state index contributed by atoms with van der Waals surface area (Å²) in [5.41, 5.74) is -0.0980. The smallest absolute Gasteiger partial charge is 0.261 e. The number of aliphatic hydroxyl groups is 1. The number of carbonyl (C=O) groups is 1. The van der Waals surface area contributed by atoms with Crippen molar-refractivity contribution in [1.82, 2.24) is 14.9 Å². The van der Waals surface area contributed by atoms with Gasteiger partial charge in [-0.1, -0.05) is 6.07 Å². The number of aromatic hydroxyl groups is 1. The first-order valence-electron chi connectivity index (χ1n) is 6.67. The lowest BCUT2D eigenvalue weighted by Crippen LogP contribution is -2.48. The van der Waals surface area contributed by atoms with Gasteiger partial charge in [0.05, 0.1) is 11.4 Å². The van der Waals surface area contributed by atoms with Crippen molar-refractivity contribution in [3.8, 4) is 5.75 Å². The number of carbonyl (C=O) groups excluding carboxylic acids is 1. The second-order valence-electron chi connectivity index (χ2n) is 5.13. The quantitative estimate of drug-likeness (QED) is 0.694. The Balaban J connectivity index is 2.20. The van der Waals surface area contributed by atoms with Gasteiger partial charge < -0.3 is 15.5 Å².